The number of esters is 4. The number of hydrogen-bond donors (Lipinski definition) is 0. The summed E-state index contributed by atoms with van der Waals surface area (Å²) in [5.41, 5.74) is 1.72. The quantitative estimate of drug-likeness (QED) is 0.214. The first-order chi connectivity index (χ1) is 14.5. The fraction of sp³-hybridized carbons (Fsp3) is 0. The minimum Gasteiger partial charge on any atom is -0.387 e. The van der Waals surface area contributed by atoms with Crippen molar-refractivity contribution < 1.29 is 61.4 Å². The molecular weight excluding hydrogens is 473 g/mol. The van der Waals surface area contributed by atoms with Gasteiger partial charge in [0.15, 0.2) is 0 Å². The van der Waals surface area contributed by atoms with Crippen LogP contribution in [0.5, 0.6) is 0 Å². The first-order valence-corrected chi connectivity index (χ1v) is 8.94. The molecule has 0 aliphatic carbocycles. The predicted molar refractivity (Wildman–Crippen MR) is 105 cm³/mol. The molecule has 2 aliphatic rings. The summed E-state index contributed by atoms with van der Waals surface area (Å²) in [6.07, 6.45) is 0. The SMILES string of the molecule is O=C1OC(=O)c2cccc3[c-]ccc1c23.O=C1OC(=O)c2cccc3[c-]ccc1c23.[Y]. The largest absolute Gasteiger partial charge is 0.387 e. The molecule has 6 rings (SSSR count). The van der Waals surface area contributed by atoms with E-state index in [0.717, 1.165) is 10.8 Å². The molecule has 0 aromatic heterocycles. The van der Waals surface area contributed by atoms with E-state index in [1.807, 2.05) is 12.1 Å². The molecule has 1 radical (unpaired) electrons. The zero-order valence-electron chi connectivity index (χ0n) is 15.8. The van der Waals surface area contributed by atoms with Crippen LogP contribution in [0.25, 0.3) is 21.5 Å². The van der Waals surface area contributed by atoms with Gasteiger partial charge < -0.3 is 9.47 Å². The molecule has 7 heteroatoms. The van der Waals surface area contributed by atoms with Crippen LogP contribution in [0.3, 0.4) is 0 Å². The van der Waals surface area contributed by atoms with Gasteiger partial charge in [0.05, 0.1) is 0 Å². The molecule has 147 valence electrons. The zero-order valence-corrected chi connectivity index (χ0v) is 18.6. The van der Waals surface area contributed by atoms with Crippen molar-refractivity contribution in [3.63, 3.8) is 0 Å². The fourth-order valence-electron chi connectivity index (χ4n) is 3.59. The van der Waals surface area contributed by atoms with Gasteiger partial charge in [-0.3, -0.25) is 0 Å². The van der Waals surface area contributed by atoms with Gasteiger partial charge in [-0.25, -0.2) is 19.2 Å². The van der Waals surface area contributed by atoms with Crippen LogP contribution in [-0.4, -0.2) is 23.9 Å². The maximum Gasteiger partial charge on any atom is 0.337 e. The van der Waals surface area contributed by atoms with Gasteiger partial charge in [-0.15, -0.1) is 71.4 Å². The van der Waals surface area contributed by atoms with E-state index in [0.29, 0.717) is 33.0 Å². The van der Waals surface area contributed by atoms with Crippen molar-refractivity contribution in [2.75, 3.05) is 0 Å². The second-order valence-electron chi connectivity index (χ2n) is 6.59. The van der Waals surface area contributed by atoms with Crippen molar-refractivity contribution >= 4 is 45.4 Å². The Labute approximate surface area is 201 Å². The minimum absolute atomic E-state index is 0. The molecule has 0 amide bonds. The fourth-order valence-corrected chi connectivity index (χ4v) is 3.59. The van der Waals surface area contributed by atoms with E-state index in [-0.39, 0.29) is 32.7 Å². The summed E-state index contributed by atoms with van der Waals surface area (Å²) in [6, 6.07) is 22.9. The molecule has 4 aromatic rings. The van der Waals surface area contributed by atoms with Crippen molar-refractivity contribution in [1.29, 1.82) is 0 Å². The van der Waals surface area contributed by atoms with Gasteiger partial charge in [0.25, 0.3) is 0 Å². The van der Waals surface area contributed by atoms with Crippen LogP contribution < -0.4 is 0 Å². The number of benzene rings is 4. The molecule has 4 aromatic carbocycles. The van der Waals surface area contributed by atoms with Crippen molar-refractivity contribution in [3.05, 3.63) is 95.1 Å². The maximum absolute atomic E-state index is 11.4. The second-order valence-corrected chi connectivity index (χ2v) is 6.59. The number of ether oxygens (including phenoxy) is 2. The van der Waals surface area contributed by atoms with Crippen LogP contribution >= 0.6 is 0 Å². The molecule has 0 unspecified atom stereocenters. The van der Waals surface area contributed by atoms with Gasteiger partial charge in [0.2, 0.25) is 0 Å². The first-order valence-electron chi connectivity index (χ1n) is 8.94. The number of rotatable bonds is 0. The Bertz CT molecular complexity index is 1220. The molecule has 2 heterocycles. The van der Waals surface area contributed by atoms with Gasteiger partial charge in [-0.1, -0.05) is 22.9 Å². The molecular formula is C24H10O6Y-2. The van der Waals surface area contributed by atoms with Crippen molar-refractivity contribution in [2.24, 2.45) is 0 Å². The van der Waals surface area contributed by atoms with Gasteiger partial charge in [-0.05, 0) is 11.1 Å². The van der Waals surface area contributed by atoms with E-state index in [4.69, 9.17) is 0 Å². The Kier molecular flexibility index (Phi) is 5.52. The molecule has 31 heavy (non-hydrogen) atoms. The van der Waals surface area contributed by atoms with Gasteiger partial charge in [-0.2, -0.15) is 0 Å². The number of carbonyl (C=O) groups is 4. The molecule has 0 bridgehead atoms. The molecule has 2 aliphatic heterocycles. The molecule has 0 N–H and O–H groups in total. The van der Waals surface area contributed by atoms with E-state index in [1.165, 1.54) is 0 Å². The Hall–Kier alpha value is -3.22. The zero-order chi connectivity index (χ0) is 20.8. The number of cyclic esters (lactones) is 4. The van der Waals surface area contributed by atoms with E-state index < -0.39 is 23.9 Å². The average molecular weight is 483 g/mol. The third-order valence-corrected chi connectivity index (χ3v) is 4.90. The van der Waals surface area contributed by atoms with Crippen LogP contribution in [0.15, 0.2) is 60.7 Å². The summed E-state index contributed by atoms with van der Waals surface area (Å²) < 4.78 is 9.22. The normalized spacial score (nSPS) is 13.7. The smallest absolute Gasteiger partial charge is 0.337 e. The Morgan fingerprint density at radius 3 is 1.26 bits per heavy atom. The van der Waals surface area contributed by atoms with E-state index in [2.05, 4.69) is 21.6 Å². The maximum atomic E-state index is 11.4. The Balaban J connectivity index is 0.000000144. The molecule has 0 spiro atoms. The number of hydrogen-bond acceptors (Lipinski definition) is 6. The average Bonchev–Trinajstić information content (AvgIpc) is 2.76. The first kappa shape index (κ1) is 21.0. The van der Waals surface area contributed by atoms with Gasteiger partial charge in [0, 0.05) is 43.8 Å². The standard InChI is InChI=1S/2C12H5O3.Y/c2*13-11-8-5-1-3-7-4-2-6-9(10(7)8)12(14)15-11;/h2*1-3,5-6H;/q2*-1;. The Morgan fingerprint density at radius 1 is 0.516 bits per heavy atom. The van der Waals surface area contributed by atoms with Crippen molar-refractivity contribution in [2.45, 2.75) is 0 Å². The summed E-state index contributed by atoms with van der Waals surface area (Å²) in [7, 11) is 0. The van der Waals surface area contributed by atoms with Crippen LogP contribution in [-0.2, 0) is 42.2 Å². The van der Waals surface area contributed by atoms with Crippen LogP contribution in [0.4, 0.5) is 0 Å². The summed E-state index contributed by atoms with van der Waals surface area (Å²) in [4.78, 5) is 45.7. The molecule has 0 saturated carbocycles. The van der Waals surface area contributed by atoms with Gasteiger partial charge in [0.1, 0.15) is 0 Å². The van der Waals surface area contributed by atoms with Crippen LogP contribution in [0.2, 0.25) is 0 Å². The van der Waals surface area contributed by atoms with Crippen LogP contribution in [0, 0.1) is 12.1 Å². The predicted octanol–water partition coefficient (Wildman–Crippen LogP) is 3.90. The van der Waals surface area contributed by atoms with Gasteiger partial charge >= 0.3 is 23.9 Å². The molecule has 6 nitrogen and oxygen atoms in total. The monoisotopic (exact) mass is 483 g/mol. The van der Waals surface area contributed by atoms with E-state index in [9.17, 15) is 19.2 Å². The summed E-state index contributed by atoms with van der Waals surface area (Å²) in [5, 5.41) is 2.80. The summed E-state index contributed by atoms with van der Waals surface area (Å²) in [6.45, 7) is 0. The summed E-state index contributed by atoms with van der Waals surface area (Å²) >= 11 is 0. The topological polar surface area (TPSA) is 86.7 Å². The summed E-state index contributed by atoms with van der Waals surface area (Å²) in [5.74, 6) is -2.34. The Morgan fingerprint density at radius 2 is 0.871 bits per heavy atom. The van der Waals surface area contributed by atoms with Crippen molar-refractivity contribution in [1.82, 2.24) is 0 Å². The van der Waals surface area contributed by atoms with Crippen LogP contribution in [0.1, 0.15) is 41.4 Å². The molecule has 0 fully saturated rings. The van der Waals surface area contributed by atoms with E-state index in [1.54, 1.807) is 48.5 Å². The van der Waals surface area contributed by atoms with Crippen molar-refractivity contribution in [3.8, 4) is 0 Å². The van der Waals surface area contributed by atoms with E-state index >= 15 is 0 Å². The second kappa shape index (κ2) is 8.14. The third-order valence-electron chi connectivity index (χ3n) is 4.90. The third kappa shape index (κ3) is 3.48. The number of carbonyl (C=O) groups excluding carboxylic acids is 4. The molecule has 0 saturated heterocycles. The molecule has 0 atom stereocenters. The minimum atomic E-state index is -0.585.